The molecule has 3 fully saturated rings. The fourth-order valence-electron chi connectivity index (χ4n) is 4.35. The van der Waals surface area contributed by atoms with E-state index in [9.17, 15) is 13.2 Å². The zero-order valence-corrected chi connectivity index (χ0v) is 14.2. The van der Waals surface area contributed by atoms with E-state index in [0.29, 0.717) is 18.4 Å². The van der Waals surface area contributed by atoms with Crippen LogP contribution in [-0.2, 0) is 14.6 Å². The van der Waals surface area contributed by atoms with Crippen molar-refractivity contribution in [3.05, 3.63) is 0 Å². The number of fused-ring (bicyclic) bond motifs is 2. The molecule has 1 amide bonds. The number of carbonyl (C=O) groups excluding carboxylic acids is 1. The van der Waals surface area contributed by atoms with Gasteiger partial charge in [0.05, 0.1) is 5.75 Å². The normalized spacial score (nSPS) is 35.2. The first-order chi connectivity index (χ1) is 10.3. The summed E-state index contributed by atoms with van der Waals surface area (Å²) in [6.45, 7) is 0.361. The molecule has 0 radical (unpaired) electrons. The van der Waals surface area contributed by atoms with E-state index < -0.39 is 9.84 Å². The smallest absolute Gasteiger partial charge is 0.225 e. The number of nitrogens with two attached hydrogens (primary N) is 1. The largest absolute Gasteiger partial charge is 0.338 e. The first-order valence-corrected chi connectivity index (χ1v) is 10.6. The summed E-state index contributed by atoms with van der Waals surface area (Å²) in [5.41, 5.74) is 6.31. The van der Waals surface area contributed by atoms with Gasteiger partial charge >= 0.3 is 0 Å². The van der Waals surface area contributed by atoms with E-state index in [1.54, 1.807) is 0 Å². The van der Waals surface area contributed by atoms with Gasteiger partial charge in [0.2, 0.25) is 5.91 Å². The molecule has 2 unspecified atom stereocenters. The summed E-state index contributed by atoms with van der Waals surface area (Å²) in [4.78, 5) is 14.8. The fraction of sp³-hybridized carbons (Fsp3) is 0.938. The highest BCUT2D eigenvalue weighted by atomic mass is 32.2. The van der Waals surface area contributed by atoms with Crippen LogP contribution in [0.4, 0.5) is 0 Å². The second-order valence-electron chi connectivity index (χ2n) is 7.59. The van der Waals surface area contributed by atoms with Crippen molar-refractivity contribution in [3.8, 4) is 0 Å². The number of sulfone groups is 1. The summed E-state index contributed by atoms with van der Waals surface area (Å²) < 4.78 is 22.9. The number of amides is 1. The first kappa shape index (κ1) is 16.2. The highest BCUT2D eigenvalue weighted by Crippen LogP contribution is 2.43. The Labute approximate surface area is 133 Å². The molecule has 2 N–H and O–H groups in total. The van der Waals surface area contributed by atoms with Gasteiger partial charge in [0, 0.05) is 30.8 Å². The number of hydrogen-bond acceptors (Lipinski definition) is 4. The quantitative estimate of drug-likeness (QED) is 0.821. The molecule has 5 nitrogen and oxygen atoms in total. The Balaban J connectivity index is 1.66. The summed E-state index contributed by atoms with van der Waals surface area (Å²) in [6, 6.07) is 0.549. The Bertz CT molecular complexity index is 516. The SMILES string of the molecule is CS(=O)(=O)CCN(C(=O)C1CC2CCCC(C1)C2N)C1CC1. The van der Waals surface area contributed by atoms with Crippen molar-refractivity contribution in [1.29, 1.82) is 0 Å². The van der Waals surface area contributed by atoms with Crippen LogP contribution >= 0.6 is 0 Å². The van der Waals surface area contributed by atoms with Gasteiger partial charge in [-0.1, -0.05) is 6.42 Å². The van der Waals surface area contributed by atoms with Gasteiger partial charge in [-0.05, 0) is 50.4 Å². The van der Waals surface area contributed by atoms with E-state index in [4.69, 9.17) is 5.73 Å². The minimum Gasteiger partial charge on any atom is -0.338 e. The van der Waals surface area contributed by atoms with Crippen molar-refractivity contribution < 1.29 is 13.2 Å². The Morgan fingerprint density at radius 1 is 1.14 bits per heavy atom. The number of carbonyl (C=O) groups is 1. The van der Waals surface area contributed by atoms with Crippen LogP contribution in [-0.4, -0.2) is 49.9 Å². The number of nitrogens with zero attached hydrogens (tertiary/aromatic N) is 1. The second-order valence-corrected chi connectivity index (χ2v) is 9.85. The predicted octanol–water partition coefficient (Wildman–Crippen LogP) is 1.18. The van der Waals surface area contributed by atoms with Crippen molar-refractivity contribution in [2.24, 2.45) is 23.5 Å². The van der Waals surface area contributed by atoms with Crippen LogP contribution < -0.4 is 5.73 Å². The average molecular weight is 328 g/mol. The molecule has 0 spiro atoms. The Morgan fingerprint density at radius 2 is 1.73 bits per heavy atom. The topological polar surface area (TPSA) is 80.5 Å². The van der Waals surface area contributed by atoms with E-state index in [0.717, 1.165) is 38.5 Å². The maximum atomic E-state index is 12.9. The third-order valence-corrected chi connectivity index (χ3v) is 6.66. The molecule has 0 heterocycles. The molecule has 2 atom stereocenters. The maximum Gasteiger partial charge on any atom is 0.225 e. The molecule has 126 valence electrons. The van der Waals surface area contributed by atoms with E-state index in [1.165, 1.54) is 12.7 Å². The van der Waals surface area contributed by atoms with Crippen molar-refractivity contribution in [1.82, 2.24) is 4.90 Å². The van der Waals surface area contributed by atoms with Crippen LogP contribution in [0.3, 0.4) is 0 Å². The molecule has 2 bridgehead atoms. The van der Waals surface area contributed by atoms with Crippen molar-refractivity contribution in [2.45, 2.75) is 57.0 Å². The predicted molar refractivity (Wildman–Crippen MR) is 86.0 cm³/mol. The molecule has 0 aliphatic heterocycles. The van der Waals surface area contributed by atoms with Crippen LogP contribution in [0.25, 0.3) is 0 Å². The van der Waals surface area contributed by atoms with Crippen LogP contribution in [0.1, 0.15) is 44.9 Å². The summed E-state index contributed by atoms with van der Waals surface area (Å²) in [6.07, 6.45) is 8.62. The first-order valence-electron chi connectivity index (χ1n) is 8.59. The minimum absolute atomic E-state index is 0.0651. The Kier molecular flexibility index (Phi) is 4.52. The molecule has 0 aromatic carbocycles. The molecule has 3 aliphatic rings. The molecule has 0 aromatic rings. The number of rotatable bonds is 5. The van der Waals surface area contributed by atoms with Crippen molar-refractivity contribution in [3.63, 3.8) is 0 Å². The lowest BCUT2D eigenvalue weighted by molar-refractivity contribution is -0.139. The monoisotopic (exact) mass is 328 g/mol. The van der Waals surface area contributed by atoms with Crippen LogP contribution in [0.15, 0.2) is 0 Å². The summed E-state index contributed by atoms with van der Waals surface area (Å²) >= 11 is 0. The standard InChI is InChI=1S/C16H28N2O3S/c1-22(20,21)8-7-18(14-5-6-14)16(19)13-9-11-3-2-4-12(10-13)15(11)17/h11-15H,2-10,17H2,1H3. The molecule has 3 saturated carbocycles. The Morgan fingerprint density at radius 3 is 2.23 bits per heavy atom. The molecule has 3 aliphatic carbocycles. The molecule has 0 saturated heterocycles. The van der Waals surface area contributed by atoms with Gasteiger partial charge in [0.25, 0.3) is 0 Å². The lowest BCUT2D eigenvalue weighted by Gasteiger charge is -2.44. The lowest BCUT2D eigenvalue weighted by Crippen LogP contribution is -2.50. The highest BCUT2D eigenvalue weighted by molar-refractivity contribution is 7.90. The van der Waals surface area contributed by atoms with Gasteiger partial charge in [-0.3, -0.25) is 4.79 Å². The molecular formula is C16H28N2O3S. The van der Waals surface area contributed by atoms with E-state index in [-0.39, 0.29) is 29.7 Å². The van der Waals surface area contributed by atoms with Gasteiger partial charge in [0.1, 0.15) is 9.84 Å². The minimum atomic E-state index is -3.03. The van der Waals surface area contributed by atoms with Gasteiger partial charge in [-0.2, -0.15) is 0 Å². The summed E-state index contributed by atoms with van der Waals surface area (Å²) in [5.74, 6) is 1.30. The third kappa shape index (κ3) is 3.65. The lowest BCUT2D eigenvalue weighted by atomic mass is 9.65. The number of hydrogen-bond donors (Lipinski definition) is 1. The fourth-order valence-corrected chi connectivity index (χ4v) is 4.88. The van der Waals surface area contributed by atoms with Crippen LogP contribution in [0, 0.1) is 17.8 Å². The summed E-state index contributed by atoms with van der Waals surface area (Å²) in [5, 5.41) is 0. The zero-order chi connectivity index (χ0) is 15.9. The second kappa shape index (κ2) is 6.11. The molecule has 0 aromatic heterocycles. The van der Waals surface area contributed by atoms with E-state index in [2.05, 4.69) is 0 Å². The van der Waals surface area contributed by atoms with Gasteiger partial charge in [-0.25, -0.2) is 8.42 Å². The zero-order valence-electron chi connectivity index (χ0n) is 13.4. The van der Waals surface area contributed by atoms with Crippen molar-refractivity contribution in [2.75, 3.05) is 18.6 Å². The highest BCUT2D eigenvalue weighted by Gasteiger charge is 2.43. The molecular weight excluding hydrogens is 300 g/mol. The molecule has 6 heteroatoms. The van der Waals surface area contributed by atoms with Gasteiger partial charge < -0.3 is 10.6 Å². The Hall–Kier alpha value is -0.620. The molecule has 22 heavy (non-hydrogen) atoms. The maximum absolute atomic E-state index is 12.9. The summed E-state index contributed by atoms with van der Waals surface area (Å²) in [7, 11) is -3.03. The average Bonchev–Trinajstić information content (AvgIpc) is 3.21. The molecule has 3 rings (SSSR count). The van der Waals surface area contributed by atoms with Crippen LogP contribution in [0.2, 0.25) is 0 Å². The van der Waals surface area contributed by atoms with Crippen LogP contribution in [0.5, 0.6) is 0 Å². The van der Waals surface area contributed by atoms with E-state index >= 15 is 0 Å². The van der Waals surface area contributed by atoms with E-state index in [1.807, 2.05) is 4.90 Å². The van der Waals surface area contributed by atoms with Gasteiger partial charge in [-0.15, -0.1) is 0 Å². The van der Waals surface area contributed by atoms with Gasteiger partial charge in [0.15, 0.2) is 0 Å². The van der Waals surface area contributed by atoms with Crippen molar-refractivity contribution >= 4 is 15.7 Å². The third-order valence-electron chi connectivity index (χ3n) is 5.74.